The van der Waals surface area contributed by atoms with E-state index in [0.717, 1.165) is 16.7 Å². The first kappa shape index (κ1) is 21.1. The van der Waals surface area contributed by atoms with Crippen LogP contribution in [0.5, 0.6) is 0 Å². The van der Waals surface area contributed by atoms with Gasteiger partial charge in [-0.15, -0.1) is 0 Å². The topological polar surface area (TPSA) is 136 Å². The van der Waals surface area contributed by atoms with Crippen LogP contribution in [0.2, 0.25) is 0 Å². The number of rotatable bonds is 8. The Morgan fingerprint density at radius 3 is 2.48 bits per heavy atom. The molecule has 1 aromatic rings. The van der Waals surface area contributed by atoms with Crippen LogP contribution in [-0.2, 0) is 35.0 Å². The minimum atomic E-state index is -3.50. The lowest BCUT2D eigenvalue weighted by atomic mass is 10.0. The third-order valence-electron chi connectivity index (χ3n) is 4.56. The number of hydrogen-bond acceptors (Lipinski definition) is 8. The van der Waals surface area contributed by atoms with E-state index in [1.807, 2.05) is 0 Å². The zero-order chi connectivity index (χ0) is 21.2. The number of carbonyl (C=O) groups is 4. The van der Waals surface area contributed by atoms with Crippen LogP contribution >= 0.6 is 0 Å². The summed E-state index contributed by atoms with van der Waals surface area (Å²) in [7, 11) is -3.50. The fraction of sp³-hybridized carbons (Fsp3) is 0.444. The Hall–Kier alpha value is -2.63. The number of nitrogens with one attached hydrogen (secondary N) is 1. The molecular formula is C18H20N2O8S. The number of hydrogen-bond donors (Lipinski definition) is 1. The van der Waals surface area contributed by atoms with E-state index < -0.39 is 39.8 Å². The standard InChI is InChI=1S/C18H20N2O8S/c1-29(25,26)28-9-8-27-7-6-11-2-3-12-13(10-11)18(24)20(17(12)23)14-4-5-15(21)19-16(14)22/h2-3,10,14H,4-9H2,1H3,(H,19,21,22). The van der Waals surface area contributed by atoms with Gasteiger partial charge in [0.15, 0.2) is 0 Å². The van der Waals surface area contributed by atoms with Crippen LogP contribution < -0.4 is 5.32 Å². The van der Waals surface area contributed by atoms with E-state index in [0.29, 0.717) is 6.42 Å². The Labute approximate surface area is 167 Å². The predicted octanol–water partition coefficient (Wildman–Crippen LogP) is -0.377. The molecule has 4 amide bonds. The molecule has 2 aliphatic rings. The maximum atomic E-state index is 12.7. The van der Waals surface area contributed by atoms with Gasteiger partial charge in [0, 0.05) is 6.42 Å². The van der Waals surface area contributed by atoms with E-state index in [2.05, 4.69) is 9.50 Å². The highest BCUT2D eigenvalue weighted by Crippen LogP contribution is 2.28. The lowest BCUT2D eigenvalue weighted by Gasteiger charge is -2.27. The van der Waals surface area contributed by atoms with Crippen LogP contribution in [0.15, 0.2) is 18.2 Å². The van der Waals surface area contributed by atoms with Crippen molar-refractivity contribution in [3.05, 3.63) is 34.9 Å². The number of piperidine rings is 1. The van der Waals surface area contributed by atoms with E-state index in [1.54, 1.807) is 12.1 Å². The lowest BCUT2D eigenvalue weighted by molar-refractivity contribution is -0.136. The third-order valence-corrected chi connectivity index (χ3v) is 5.16. The van der Waals surface area contributed by atoms with Crippen molar-refractivity contribution >= 4 is 33.7 Å². The highest BCUT2D eigenvalue weighted by Gasteiger charge is 2.44. The van der Waals surface area contributed by atoms with Gasteiger partial charge in [0.05, 0.1) is 37.2 Å². The normalized spacial score (nSPS) is 19.5. The van der Waals surface area contributed by atoms with Gasteiger partial charge in [0.2, 0.25) is 11.8 Å². The van der Waals surface area contributed by atoms with Gasteiger partial charge in [-0.05, 0) is 30.5 Å². The zero-order valence-corrected chi connectivity index (χ0v) is 16.5. The average molecular weight is 424 g/mol. The summed E-state index contributed by atoms with van der Waals surface area (Å²) in [6.45, 7) is 0.278. The average Bonchev–Trinajstić information content (AvgIpc) is 2.88. The minimum absolute atomic E-state index is 0.0649. The fourth-order valence-corrected chi connectivity index (χ4v) is 3.58. The summed E-state index contributed by atoms with van der Waals surface area (Å²) in [6, 6.07) is 3.80. The number of imide groups is 2. The van der Waals surface area contributed by atoms with Crippen molar-refractivity contribution in [2.45, 2.75) is 25.3 Å². The van der Waals surface area contributed by atoms with E-state index in [4.69, 9.17) is 4.74 Å². The highest BCUT2D eigenvalue weighted by atomic mass is 32.2. The van der Waals surface area contributed by atoms with E-state index in [-0.39, 0.29) is 43.8 Å². The largest absolute Gasteiger partial charge is 0.379 e. The Kier molecular flexibility index (Phi) is 6.10. The monoisotopic (exact) mass is 424 g/mol. The van der Waals surface area contributed by atoms with Crippen molar-refractivity contribution in [3.63, 3.8) is 0 Å². The van der Waals surface area contributed by atoms with Crippen molar-refractivity contribution in [1.29, 1.82) is 0 Å². The molecular weight excluding hydrogens is 404 g/mol. The molecule has 156 valence electrons. The van der Waals surface area contributed by atoms with Gasteiger partial charge in [0.1, 0.15) is 6.04 Å². The Morgan fingerprint density at radius 2 is 1.79 bits per heavy atom. The van der Waals surface area contributed by atoms with E-state index >= 15 is 0 Å². The number of amides is 4. The smallest absolute Gasteiger partial charge is 0.264 e. The third kappa shape index (κ3) is 4.86. The lowest BCUT2D eigenvalue weighted by Crippen LogP contribution is -2.54. The van der Waals surface area contributed by atoms with Gasteiger partial charge in [0.25, 0.3) is 21.9 Å². The maximum absolute atomic E-state index is 12.7. The molecule has 1 atom stereocenters. The van der Waals surface area contributed by atoms with Gasteiger partial charge < -0.3 is 4.74 Å². The van der Waals surface area contributed by atoms with Gasteiger partial charge in [-0.3, -0.25) is 33.6 Å². The molecule has 3 rings (SSSR count). The molecule has 1 fully saturated rings. The summed E-state index contributed by atoms with van der Waals surface area (Å²) in [5.74, 6) is -2.20. The summed E-state index contributed by atoms with van der Waals surface area (Å²) >= 11 is 0. The molecule has 1 N–H and O–H groups in total. The molecule has 2 heterocycles. The second-order valence-electron chi connectivity index (χ2n) is 6.72. The first-order chi connectivity index (χ1) is 13.7. The molecule has 10 nitrogen and oxygen atoms in total. The summed E-state index contributed by atoms with van der Waals surface area (Å²) < 4.78 is 31.6. The van der Waals surface area contributed by atoms with Crippen LogP contribution in [0, 0.1) is 0 Å². The van der Waals surface area contributed by atoms with E-state index in [1.165, 1.54) is 6.07 Å². The van der Waals surface area contributed by atoms with Crippen molar-refractivity contribution < 1.29 is 36.5 Å². The number of ether oxygens (including phenoxy) is 1. The van der Waals surface area contributed by atoms with Gasteiger partial charge in [-0.2, -0.15) is 8.42 Å². The molecule has 1 aromatic carbocycles. The van der Waals surface area contributed by atoms with Crippen molar-refractivity contribution in [2.75, 3.05) is 26.1 Å². The summed E-state index contributed by atoms with van der Waals surface area (Å²) in [5.41, 5.74) is 1.17. The van der Waals surface area contributed by atoms with Crippen LogP contribution in [0.4, 0.5) is 0 Å². The van der Waals surface area contributed by atoms with Crippen molar-refractivity contribution in [1.82, 2.24) is 10.2 Å². The van der Waals surface area contributed by atoms with Crippen molar-refractivity contribution in [3.8, 4) is 0 Å². The molecule has 0 aromatic heterocycles. The number of fused-ring (bicyclic) bond motifs is 1. The van der Waals surface area contributed by atoms with Crippen LogP contribution in [0.25, 0.3) is 0 Å². The second kappa shape index (κ2) is 8.39. The molecule has 0 spiro atoms. The number of carbonyl (C=O) groups excluding carboxylic acids is 4. The first-order valence-electron chi connectivity index (χ1n) is 8.94. The Morgan fingerprint density at radius 1 is 1.07 bits per heavy atom. The molecule has 0 aliphatic carbocycles. The zero-order valence-electron chi connectivity index (χ0n) is 15.7. The second-order valence-corrected chi connectivity index (χ2v) is 8.36. The molecule has 2 aliphatic heterocycles. The predicted molar refractivity (Wildman–Crippen MR) is 98.4 cm³/mol. The molecule has 29 heavy (non-hydrogen) atoms. The molecule has 1 saturated heterocycles. The van der Waals surface area contributed by atoms with Crippen LogP contribution in [-0.4, -0.2) is 69.1 Å². The number of nitrogens with zero attached hydrogens (tertiary/aromatic N) is 1. The van der Waals surface area contributed by atoms with Gasteiger partial charge in [-0.1, -0.05) is 6.07 Å². The Bertz CT molecular complexity index is 972. The Balaban J connectivity index is 1.60. The molecule has 1 unspecified atom stereocenters. The summed E-state index contributed by atoms with van der Waals surface area (Å²) in [6.07, 6.45) is 1.56. The maximum Gasteiger partial charge on any atom is 0.264 e. The van der Waals surface area contributed by atoms with Crippen LogP contribution in [0.3, 0.4) is 0 Å². The van der Waals surface area contributed by atoms with Crippen molar-refractivity contribution in [2.24, 2.45) is 0 Å². The SMILES string of the molecule is CS(=O)(=O)OCCOCCc1ccc2c(c1)C(=O)N(C1CCC(=O)NC1=O)C2=O. The molecule has 11 heteroatoms. The minimum Gasteiger partial charge on any atom is -0.379 e. The van der Waals surface area contributed by atoms with Gasteiger partial charge in [-0.25, -0.2) is 0 Å². The van der Waals surface area contributed by atoms with E-state index in [9.17, 15) is 27.6 Å². The molecule has 0 radical (unpaired) electrons. The summed E-state index contributed by atoms with van der Waals surface area (Å²) in [4.78, 5) is 49.6. The van der Waals surface area contributed by atoms with Gasteiger partial charge >= 0.3 is 0 Å². The number of benzene rings is 1. The fourth-order valence-electron chi connectivity index (χ4n) is 3.21. The highest BCUT2D eigenvalue weighted by molar-refractivity contribution is 7.85. The quantitative estimate of drug-likeness (QED) is 0.339. The molecule has 0 bridgehead atoms. The summed E-state index contributed by atoms with van der Waals surface area (Å²) in [5, 5.41) is 2.15. The van der Waals surface area contributed by atoms with Crippen LogP contribution in [0.1, 0.15) is 39.1 Å². The first-order valence-corrected chi connectivity index (χ1v) is 10.8. The molecule has 0 saturated carbocycles.